The van der Waals surface area contributed by atoms with E-state index >= 15 is 0 Å². The molecule has 1 heterocycles. The van der Waals surface area contributed by atoms with Crippen molar-refractivity contribution in [3.63, 3.8) is 0 Å². The van der Waals surface area contributed by atoms with Gasteiger partial charge < -0.3 is 4.57 Å². The summed E-state index contributed by atoms with van der Waals surface area (Å²) in [4.78, 5) is 4.79. The molecule has 0 fully saturated rings. The van der Waals surface area contributed by atoms with Crippen LogP contribution in [-0.4, -0.2) is 9.55 Å². The first-order valence-electron chi connectivity index (χ1n) is 7.76. The number of nitrogens with zero attached hydrogens (tertiary/aromatic N) is 2. The lowest BCUT2D eigenvalue weighted by Gasteiger charge is -2.10. The van der Waals surface area contributed by atoms with Crippen LogP contribution in [0.15, 0.2) is 66.7 Å². The molecule has 0 spiro atoms. The molecule has 0 unspecified atom stereocenters. The minimum Gasteiger partial charge on any atom is -0.319 e. The van der Waals surface area contributed by atoms with Gasteiger partial charge in [0.25, 0.3) is 0 Å². The van der Waals surface area contributed by atoms with Crippen LogP contribution < -0.4 is 0 Å². The molecule has 4 rings (SSSR count). The van der Waals surface area contributed by atoms with Gasteiger partial charge in [-0.05, 0) is 48.0 Å². The fourth-order valence-electron chi connectivity index (χ4n) is 2.93. The lowest BCUT2D eigenvalue weighted by Crippen LogP contribution is -2.02. The van der Waals surface area contributed by atoms with E-state index in [1.54, 1.807) is 0 Å². The smallest absolute Gasteiger partial charge is 0.141 e. The van der Waals surface area contributed by atoms with E-state index in [2.05, 4.69) is 10.6 Å². The van der Waals surface area contributed by atoms with Crippen molar-refractivity contribution < 1.29 is 0 Å². The second kappa shape index (κ2) is 6.72. The van der Waals surface area contributed by atoms with Gasteiger partial charge in [-0.15, -0.1) is 0 Å². The van der Waals surface area contributed by atoms with Gasteiger partial charge in [-0.3, -0.25) is 0 Å². The van der Waals surface area contributed by atoms with Crippen LogP contribution in [-0.2, 0) is 6.54 Å². The number of rotatable bonds is 3. The normalized spacial score (nSPS) is 11.2. The first-order chi connectivity index (χ1) is 12.1. The third-order valence-electron chi connectivity index (χ3n) is 4.02. The Bertz CT molecular complexity index is 1070. The van der Waals surface area contributed by atoms with Crippen molar-refractivity contribution in [3.05, 3.63) is 87.4 Å². The van der Waals surface area contributed by atoms with Gasteiger partial charge in [-0.1, -0.05) is 59.1 Å². The molecule has 0 saturated carbocycles. The zero-order valence-corrected chi connectivity index (χ0v) is 15.4. The van der Waals surface area contributed by atoms with Crippen molar-refractivity contribution in [2.75, 3.05) is 0 Å². The zero-order chi connectivity index (χ0) is 17.4. The summed E-state index contributed by atoms with van der Waals surface area (Å²) in [5.41, 5.74) is 3.93. The second-order valence-electron chi connectivity index (χ2n) is 5.79. The highest BCUT2D eigenvalue weighted by atomic mass is 35.5. The lowest BCUT2D eigenvalue weighted by atomic mass is 10.2. The van der Waals surface area contributed by atoms with Crippen LogP contribution in [0.2, 0.25) is 15.1 Å². The summed E-state index contributed by atoms with van der Waals surface area (Å²) in [6, 6.07) is 21.3. The predicted octanol–water partition coefficient (Wildman–Crippen LogP) is 6.71. The Morgan fingerprint density at radius 3 is 2.24 bits per heavy atom. The maximum absolute atomic E-state index is 6.18. The van der Waals surface area contributed by atoms with E-state index in [9.17, 15) is 0 Å². The van der Waals surface area contributed by atoms with Crippen molar-refractivity contribution in [2.45, 2.75) is 6.54 Å². The Balaban J connectivity index is 1.92. The molecule has 0 N–H and O–H groups in total. The van der Waals surface area contributed by atoms with Crippen LogP contribution in [0, 0.1) is 0 Å². The Kier molecular flexibility index (Phi) is 4.43. The van der Waals surface area contributed by atoms with Gasteiger partial charge in [0.05, 0.1) is 11.0 Å². The topological polar surface area (TPSA) is 17.8 Å². The number of halogens is 3. The number of hydrogen-bond donors (Lipinski definition) is 0. The summed E-state index contributed by atoms with van der Waals surface area (Å²) in [5.74, 6) is 0.847. The number of hydrogen-bond acceptors (Lipinski definition) is 1. The quantitative estimate of drug-likeness (QED) is 0.382. The molecular formula is C20H13Cl3N2. The SMILES string of the molecule is Clc1cccc(Cn2c(-c3cccc(Cl)c3)nc3cc(Cl)ccc32)c1. The molecule has 0 bridgehead atoms. The minimum absolute atomic E-state index is 0.653. The van der Waals surface area contributed by atoms with Crippen molar-refractivity contribution in [1.29, 1.82) is 0 Å². The van der Waals surface area contributed by atoms with E-state index in [1.165, 1.54) is 0 Å². The first-order valence-corrected chi connectivity index (χ1v) is 8.90. The van der Waals surface area contributed by atoms with E-state index in [4.69, 9.17) is 39.8 Å². The summed E-state index contributed by atoms with van der Waals surface area (Å²) >= 11 is 18.5. The van der Waals surface area contributed by atoms with E-state index in [0.29, 0.717) is 21.6 Å². The number of fused-ring (bicyclic) bond motifs is 1. The molecule has 0 saturated heterocycles. The lowest BCUT2D eigenvalue weighted by molar-refractivity contribution is 0.834. The molecule has 0 amide bonds. The summed E-state index contributed by atoms with van der Waals surface area (Å²) in [6.45, 7) is 0.653. The maximum Gasteiger partial charge on any atom is 0.141 e. The molecule has 0 radical (unpaired) electrons. The Morgan fingerprint density at radius 2 is 1.48 bits per heavy atom. The van der Waals surface area contributed by atoms with Crippen LogP contribution in [0.3, 0.4) is 0 Å². The summed E-state index contributed by atoms with van der Waals surface area (Å²) in [5, 5.41) is 2.06. The van der Waals surface area contributed by atoms with Crippen molar-refractivity contribution in [3.8, 4) is 11.4 Å². The van der Waals surface area contributed by atoms with Crippen molar-refractivity contribution in [2.24, 2.45) is 0 Å². The minimum atomic E-state index is 0.653. The van der Waals surface area contributed by atoms with Gasteiger partial charge in [0.2, 0.25) is 0 Å². The molecule has 1 aromatic heterocycles. The Hall–Kier alpha value is -2.00. The standard InChI is InChI=1S/C20H13Cl3N2/c21-15-5-1-3-13(9-15)12-25-19-8-7-17(23)11-18(19)24-20(25)14-4-2-6-16(22)10-14/h1-11H,12H2. The Morgan fingerprint density at radius 1 is 0.760 bits per heavy atom. The fourth-order valence-corrected chi connectivity index (χ4v) is 3.50. The molecule has 0 atom stereocenters. The van der Waals surface area contributed by atoms with Gasteiger partial charge in [0.15, 0.2) is 0 Å². The van der Waals surface area contributed by atoms with E-state index in [1.807, 2.05) is 60.7 Å². The highest BCUT2D eigenvalue weighted by Crippen LogP contribution is 2.29. The molecule has 5 heteroatoms. The molecule has 124 valence electrons. The number of benzene rings is 3. The highest BCUT2D eigenvalue weighted by molar-refractivity contribution is 6.31. The van der Waals surface area contributed by atoms with E-state index in [0.717, 1.165) is 28.0 Å². The monoisotopic (exact) mass is 386 g/mol. The molecular weight excluding hydrogens is 375 g/mol. The van der Waals surface area contributed by atoms with Gasteiger partial charge in [0, 0.05) is 27.2 Å². The van der Waals surface area contributed by atoms with Crippen LogP contribution in [0.25, 0.3) is 22.4 Å². The first kappa shape index (κ1) is 16.5. The van der Waals surface area contributed by atoms with Crippen molar-refractivity contribution >= 4 is 45.8 Å². The largest absolute Gasteiger partial charge is 0.319 e. The van der Waals surface area contributed by atoms with Crippen LogP contribution in [0.4, 0.5) is 0 Å². The summed E-state index contributed by atoms with van der Waals surface area (Å²) in [6.07, 6.45) is 0. The van der Waals surface area contributed by atoms with E-state index in [-0.39, 0.29) is 0 Å². The molecule has 4 aromatic rings. The average Bonchev–Trinajstić information content (AvgIpc) is 2.92. The molecule has 3 aromatic carbocycles. The fraction of sp³-hybridized carbons (Fsp3) is 0.0500. The average molecular weight is 388 g/mol. The zero-order valence-electron chi connectivity index (χ0n) is 13.1. The molecule has 0 aliphatic carbocycles. The van der Waals surface area contributed by atoms with Crippen LogP contribution >= 0.6 is 34.8 Å². The molecule has 2 nitrogen and oxygen atoms in total. The van der Waals surface area contributed by atoms with Crippen LogP contribution in [0.1, 0.15) is 5.56 Å². The second-order valence-corrected chi connectivity index (χ2v) is 7.10. The van der Waals surface area contributed by atoms with Gasteiger partial charge >= 0.3 is 0 Å². The van der Waals surface area contributed by atoms with Gasteiger partial charge in [0.1, 0.15) is 5.82 Å². The number of imidazole rings is 1. The van der Waals surface area contributed by atoms with E-state index < -0.39 is 0 Å². The molecule has 25 heavy (non-hydrogen) atoms. The van der Waals surface area contributed by atoms with Gasteiger partial charge in [-0.2, -0.15) is 0 Å². The van der Waals surface area contributed by atoms with Crippen LogP contribution in [0.5, 0.6) is 0 Å². The third kappa shape index (κ3) is 3.38. The summed E-state index contributed by atoms with van der Waals surface area (Å²) in [7, 11) is 0. The Labute approximate surface area is 160 Å². The van der Waals surface area contributed by atoms with Crippen molar-refractivity contribution in [1.82, 2.24) is 9.55 Å². The summed E-state index contributed by atoms with van der Waals surface area (Å²) < 4.78 is 2.16. The highest BCUT2D eigenvalue weighted by Gasteiger charge is 2.14. The molecule has 0 aliphatic rings. The predicted molar refractivity (Wildman–Crippen MR) is 106 cm³/mol. The number of aromatic nitrogens is 2. The third-order valence-corrected chi connectivity index (χ3v) is 4.73. The molecule has 0 aliphatic heterocycles. The maximum atomic E-state index is 6.18. The van der Waals surface area contributed by atoms with Gasteiger partial charge in [-0.25, -0.2) is 4.98 Å².